The van der Waals surface area contributed by atoms with Crippen LogP contribution in [0.1, 0.15) is 24.7 Å². The van der Waals surface area contributed by atoms with Gasteiger partial charge in [0.15, 0.2) is 5.82 Å². The van der Waals surface area contributed by atoms with Crippen molar-refractivity contribution >= 4 is 16.8 Å². The van der Waals surface area contributed by atoms with Crippen LogP contribution in [0.15, 0.2) is 30.5 Å². The van der Waals surface area contributed by atoms with Gasteiger partial charge in [-0.3, -0.25) is 14.6 Å². The van der Waals surface area contributed by atoms with Crippen LogP contribution in [0.2, 0.25) is 0 Å². The van der Waals surface area contributed by atoms with Gasteiger partial charge in [-0.2, -0.15) is 10.2 Å². The number of hydrogen-bond donors (Lipinski definition) is 1. The zero-order chi connectivity index (χ0) is 17.2. The fraction of sp³-hybridized carbons (Fsp3) is 0.412. The van der Waals surface area contributed by atoms with Crippen molar-refractivity contribution in [3.05, 3.63) is 42.1 Å². The monoisotopic (exact) mass is 340 g/mol. The highest BCUT2D eigenvalue weighted by atomic mass is 16.5. The summed E-state index contributed by atoms with van der Waals surface area (Å²) in [6.07, 6.45) is 2.28. The molecule has 0 unspecified atom stereocenters. The number of ether oxygens (including phenoxy) is 1. The van der Waals surface area contributed by atoms with Gasteiger partial charge in [-0.25, -0.2) is 4.98 Å². The minimum absolute atomic E-state index is 0.0217. The van der Waals surface area contributed by atoms with Gasteiger partial charge in [0, 0.05) is 18.4 Å². The molecule has 3 heterocycles. The maximum Gasteiger partial charge on any atom is 0.244 e. The van der Waals surface area contributed by atoms with Gasteiger partial charge in [0.2, 0.25) is 5.91 Å². The van der Waals surface area contributed by atoms with Crippen LogP contribution >= 0.6 is 0 Å². The van der Waals surface area contributed by atoms with Gasteiger partial charge in [-0.1, -0.05) is 25.1 Å². The van der Waals surface area contributed by atoms with E-state index in [9.17, 15) is 4.79 Å². The molecule has 1 aliphatic heterocycles. The zero-order valence-electron chi connectivity index (χ0n) is 14.1. The summed E-state index contributed by atoms with van der Waals surface area (Å²) in [5.41, 5.74) is 0.960. The Balaban J connectivity index is 1.46. The van der Waals surface area contributed by atoms with Crippen molar-refractivity contribution in [3.63, 3.8) is 0 Å². The van der Waals surface area contributed by atoms with E-state index in [1.165, 1.54) is 0 Å². The third kappa shape index (κ3) is 3.12. The predicted octanol–water partition coefficient (Wildman–Crippen LogP) is 1.32. The van der Waals surface area contributed by atoms with Gasteiger partial charge >= 0.3 is 0 Å². The van der Waals surface area contributed by atoms with Crippen molar-refractivity contribution in [1.82, 2.24) is 29.9 Å². The molecule has 1 aromatic carbocycles. The average molecular weight is 340 g/mol. The van der Waals surface area contributed by atoms with E-state index >= 15 is 0 Å². The summed E-state index contributed by atoms with van der Waals surface area (Å²) < 4.78 is 7.49. The van der Waals surface area contributed by atoms with E-state index in [1.807, 2.05) is 31.2 Å². The number of amides is 1. The molecule has 1 atom stereocenters. The standard InChI is InChI=1S/C17H20N6O2/c1-2-15-19-17(21-20-15)14-10-22(7-8-25-14)16(24)11-23-13-6-4-3-5-12(13)9-18-23/h3-6,9,14H,2,7-8,10-11H2,1H3,(H,19,20,21)/t14-/m0/s1. The Hall–Kier alpha value is -2.74. The Kier molecular flexibility index (Phi) is 4.19. The molecule has 2 aromatic heterocycles. The number of nitrogens with one attached hydrogen (secondary N) is 1. The van der Waals surface area contributed by atoms with E-state index in [1.54, 1.807) is 15.8 Å². The molecule has 25 heavy (non-hydrogen) atoms. The lowest BCUT2D eigenvalue weighted by atomic mass is 10.2. The normalized spacial score (nSPS) is 18.0. The molecule has 1 fully saturated rings. The number of aryl methyl sites for hydroxylation is 1. The van der Waals surface area contributed by atoms with E-state index in [4.69, 9.17) is 4.74 Å². The molecule has 4 rings (SSSR count). The number of H-pyrrole nitrogens is 1. The predicted molar refractivity (Wildman–Crippen MR) is 90.8 cm³/mol. The fourth-order valence-electron chi connectivity index (χ4n) is 3.02. The van der Waals surface area contributed by atoms with Crippen LogP contribution in [-0.4, -0.2) is 55.5 Å². The van der Waals surface area contributed by atoms with E-state index in [-0.39, 0.29) is 18.6 Å². The molecule has 0 bridgehead atoms. The minimum Gasteiger partial charge on any atom is -0.366 e. The van der Waals surface area contributed by atoms with Crippen LogP contribution in [-0.2, 0) is 22.5 Å². The van der Waals surface area contributed by atoms with Crippen molar-refractivity contribution in [3.8, 4) is 0 Å². The number of para-hydroxylation sites is 1. The Morgan fingerprint density at radius 1 is 1.40 bits per heavy atom. The summed E-state index contributed by atoms with van der Waals surface area (Å²) >= 11 is 0. The van der Waals surface area contributed by atoms with Crippen LogP contribution in [0.3, 0.4) is 0 Å². The fourth-order valence-corrected chi connectivity index (χ4v) is 3.02. The molecule has 1 saturated heterocycles. The van der Waals surface area contributed by atoms with E-state index in [0.717, 1.165) is 23.1 Å². The molecule has 0 saturated carbocycles. The van der Waals surface area contributed by atoms with E-state index in [0.29, 0.717) is 25.5 Å². The zero-order valence-corrected chi connectivity index (χ0v) is 14.1. The Bertz CT molecular complexity index is 886. The number of aromatic amines is 1. The highest BCUT2D eigenvalue weighted by Crippen LogP contribution is 2.20. The third-order valence-electron chi connectivity index (χ3n) is 4.43. The van der Waals surface area contributed by atoms with Gasteiger partial charge < -0.3 is 9.64 Å². The quantitative estimate of drug-likeness (QED) is 0.774. The highest BCUT2D eigenvalue weighted by Gasteiger charge is 2.28. The van der Waals surface area contributed by atoms with Crippen LogP contribution in [0.4, 0.5) is 0 Å². The van der Waals surface area contributed by atoms with Crippen LogP contribution in [0, 0.1) is 0 Å². The summed E-state index contributed by atoms with van der Waals surface area (Å²) in [7, 11) is 0. The summed E-state index contributed by atoms with van der Waals surface area (Å²) in [6, 6.07) is 7.87. The molecule has 3 aromatic rings. The number of benzene rings is 1. The van der Waals surface area contributed by atoms with Gasteiger partial charge in [-0.15, -0.1) is 0 Å². The number of morpholine rings is 1. The molecule has 0 aliphatic carbocycles. The molecule has 1 aliphatic rings. The van der Waals surface area contributed by atoms with Crippen LogP contribution < -0.4 is 0 Å². The first-order chi connectivity index (χ1) is 12.2. The lowest BCUT2D eigenvalue weighted by Gasteiger charge is -2.31. The lowest BCUT2D eigenvalue weighted by molar-refractivity contribution is -0.140. The molecule has 130 valence electrons. The summed E-state index contributed by atoms with van der Waals surface area (Å²) in [4.78, 5) is 18.9. The molecule has 0 spiro atoms. The third-order valence-corrected chi connectivity index (χ3v) is 4.43. The van der Waals surface area contributed by atoms with Gasteiger partial charge in [-0.05, 0) is 6.07 Å². The SMILES string of the molecule is CCc1nc([C@@H]2CN(C(=O)Cn3ncc4ccccc43)CCO2)n[nH]1. The maximum atomic E-state index is 12.7. The maximum absolute atomic E-state index is 12.7. The summed E-state index contributed by atoms with van der Waals surface area (Å²) in [5.74, 6) is 1.46. The van der Waals surface area contributed by atoms with Gasteiger partial charge in [0.1, 0.15) is 18.5 Å². The number of fused-ring (bicyclic) bond motifs is 1. The molecule has 0 radical (unpaired) electrons. The number of nitrogens with zero attached hydrogens (tertiary/aromatic N) is 5. The second-order valence-electron chi connectivity index (χ2n) is 6.05. The topological polar surface area (TPSA) is 88.9 Å². The van der Waals surface area contributed by atoms with Crippen molar-refractivity contribution in [2.75, 3.05) is 19.7 Å². The first-order valence-electron chi connectivity index (χ1n) is 8.45. The number of hydrogen-bond acceptors (Lipinski definition) is 5. The second-order valence-corrected chi connectivity index (χ2v) is 6.05. The first kappa shape index (κ1) is 15.8. The summed E-state index contributed by atoms with van der Waals surface area (Å²) in [5, 5.41) is 12.5. The lowest BCUT2D eigenvalue weighted by Crippen LogP contribution is -2.44. The van der Waals surface area contributed by atoms with Crippen molar-refractivity contribution in [2.24, 2.45) is 0 Å². The minimum atomic E-state index is -0.288. The molecular weight excluding hydrogens is 320 g/mol. The number of carbonyl (C=O) groups is 1. The summed E-state index contributed by atoms with van der Waals surface area (Å²) in [6.45, 7) is 3.73. The molecule has 1 N–H and O–H groups in total. The molecule has 8 heteroatoms. The van der Waals surface area contributed by atoms with Crippen molar-refractivity contribution < 1.29 is 9.53 Å². The van der Waals surface area contributed by atoms with E-state index < -0.39 is 0 Å². The van der Waals surface area contributed by atoms with Crippen LogP contribution in [0.5, 0.6) is 0 Å². The highest BCUT2D eigenvalue weighted by molar-refractivity contribution is 5.82. The Morgan fingerprint density at radius 3 is 3.12 bits per heavy atom. The number of carbonyl (C=O) groups excluding carboxylic acids is 1. The van der Waals surface area contributed by atoms with E-state index in [2.05, 4.69) is 20.3 Å². The largest absolute Gasteiger partial charge is 0.366 e. The second kappa shape index (κ2) is 6.64. The van der Waals surface area contributed by atoms with Gasteiger partial charge in [0.25, 0.3) is 0 Å². The Morgan fingerprint density at radius 2 is 2.28 bits per heavy atom. The smallest absolute Gasteiger partial charge is 0.244 e. The van der Waals surface area contributed by atoms with Crippen molar-refractivity contribution in [1.29, 1.82) is 0 Å². The van der Waals surface area contributed by atoms with Crippen molar-refractivity contribution in [2.45, 2.75) is 26.0 Å². The number of rotatable bonds is 4. The molecule has 1 amide bonds. The van der Waals surface area contributed by atoms with Crippen LogP contribution in [0.25, 0.3) is 10.9 Å². The number of aromatic nitrogens is 5. The Labute approximate surface area is 144 Å². The molecular formula is C17H20N6O2. The average Bonchev–Trinajstić information content (AvgIpc) is 3.29. The molecule has 8 nitrogen and oxygen atoms in total. The first-order valence-corrected chi connectivity index (χ1v) is 8.45. The van der Waals surface area contributed by atoms with Gasteiger partial charge in [0.05, 0.1) is 24.9 Å².